The molecule has 1 fully saturated rings. The van der Waals surface area contributed by atoms with Gasteiger partial charge in [0.1, 0.15) is 18.1 Å². The fraction of sp³-hybridized carbons (Fsp3) is 0.286. The largest absolute Gasteiger partial charge is 0.489 e. The molecule has 0 radical (unpaired) electrons. The van der Waals surface area contributed by atoms with Crippen LogP contribution in [-0.4, -0.2) is 43.2 Å². The van der Waals surface area contributed by atoms with Gasteiger partial charge in [-0.15, -0.1) is 0 Å². The molecule has 2 aliphatic rings. The zero-order valence-corrected chi connectivity index (χ0v) is 19.9. The van der Waals surface area contributed by atoms with Gasteiger partial charge in [-0.2, -0.15) is 0 Å². The van der Waals surface area contributed by atoms with E-state index < -0.39 is 0 Å². The van der Waals surface area contributed by atoms with Gasteiger partial charge in [-0.3, -0.25) is 9.59 Å². The zero-order valence-electron chi connectivity index (χ0n) is 19.9. The Bertz CT molecular complexity index is 1190. The van der Waals surface area contributed by atoms with E-state index in [9.17, 15) is 9.59 Å². The summed E-state index contributed by atoms with van der Waals surface area (Å²) in [5.41, 5.74) is 1.77. The molecule has 1 N–H and O–H groups in total. The van der Waals surface area contributed by atoms with Gasteiger partial charge in [0.2, 0.25) is 12.7 Å². The quantitative estimate of drug-likeness (QED) is 0.510. The van der Waals surface area contributed by atoms with Crippen LogP contribution < -0.4 is 24.3 Å². The van der Waals surface area contributed by atoms with Crippen molar-refractivity contribution in [2.45, 2.75) is 19.4 Å². The standard InChI is InChI=1S/C28H28N2O6/c31-27(18-34-24-9-7-23(8-10-24)33-17-20-4-2-1-3-5-20)30-14-12-21(13-15-30)28(32)29-22-6-11-25-26(16-22)36-19-35-25/h1-11,16,21H,12-15,17-19H2,(H,29,32). The second kappa shape index (κ2) is 11.0. The van der Waals surface area contributed by atoms with Gasteiger partial charge in [0.15, 0.2) is 18.1 Å². The van der Waals surface area contributed by atoms with Crippen LogP contribution in [0.15, 0.2) is 72.8 Å². The highest BCUT2D eigenvalue weighted by molar-refractivity contribution is 5.93. The first-order valence-electron chi connectivity index (χ1n) is 12.0. The molecule has 8 nitrogen and oxygen atoms in total. The van der Waals surface area contributed by atoms with E-state index in [4.69, 9.17) is 18.9 Å². The summed E-state index contributed by atoms with van der Waals surface area (Å²) in [6.45, 7) is 1.68. The maximum absolute atomic E-state index is 12.7. The predicted octanol–water partition coefficient (Wildman–Crippen LogP) is 4.25. The van der Waals surface area contributed by atoms with Crippen molar-refractivity contribution in [3.8, 4) is 23.0 Å². The molecule has 5 rings (SSSR count). The lowest BCUT2D eigenvalue weighted by atomic mass is 9.95. The number of carbonyl (C=O) groups is 2. The Labute approximate surface area is 209 Å². The number of hydrogen-bond donors (Lipinski definition) is 1. The van der Waals surface area contributed by atoms with E-state index in [2.05, 4.69) is 5.32 Å². The highest BCUT2D eigenvalue weighted by Gasteiger charge is 2.28. The first kappa shape index (κ1) is 23.5. The first-order chi connectivity index (χ1) is 17.6. The Balaban J connectivity index is 1.03. The fourth-order valence-electron chi connectivity index (χ4n) is 4.22. The lowest BCUT2D eigenvalue weighted by molar-refractivity contribution is -0.136. The summed E-state index contributed by atoms with van der Waals surface area (Å²) in [4.78, 5) is 27.1. The molecular formula is C28H28N2O6. The van der Waals surface area contributed by atoms with Crippen LogP contribution in [0.25, 0.3) is 0 Å². The van der Waals surface area contributed by atoms with Crippen LogP contribution in [0.3, 0.4) is 0 Å². The number of hydrogen-bond acceptors (Lipinski definition) is 6. The average molecular weight is 489 g/mol. The molecule has 0 bridgehead atoms. The molecule has 0 spiro atoms. The third-order valence-electron chi connectivity index (χ3n) is 6.29. The lowest BCUT2D eigenvalue weighted by Crippen LogP contribution is -2.43. The summed E-state index contributed by atoms with van der Waals surface area (Å²) in [6, 6.07) is 22.5. The highest BCUT2D eigenvalue weighted by atomic mass is 16.7. The molecule has 0 unspecified atom stereocenters. The molecular weight excluding hydrogens is 460 g/mol. The number of benzene rings is 3. The highest BCUT2D eigenvalue weighted by Crippen LogP contribution is 2.34. The van der Waals surface area contributed by atoms with Gasteiger partial charge in [0, 0.05) is 30.8 Å². The molecule has 0 saturated carbocycles. The van der Waals surface area contributed by atoms with Crippen LogP contribution in [0.5, 0.6) is 23.0 Å². The van der Waals surface area contributed by atoms with Crippen LogP contribution in [0.4, 0.5) is 5.69 Å². The summed E-state index contributed by atoms with van der Waals surface area (Å²) in [5.74, 6) is 2.36. The van der Waals surface area contributed by atoms with Crippen molar-refractivity contribution >= 4 is 17.5 Å². The summed E-state index contributed by atoms with van der Waals surface area (Å²) >= 11 is 0. The van der Waals surface area contributed by atoms with Crippen LogP contribution >= 0.6 is 0 Å². The summed E-state index contributed by atoms with van der Waals surface area (Å²) in [6.07, 6.45) is 1.21. The van der Waals surface area contributed by atoms with E-state index in [0.717, 1.165) is 11.3 Å². The normalized spacial score (nSPS) is 14.8. The minimum absolute atomic E-state index is 0.0434. The monoisotopic (exact) mass is 488 g/mol. The van der Waals surface area contributed by atoms with Gasteiger partial charge in [-0.25, -0.2) is 0 Å². The van der Waals surface area contributed by atoms with Gasteiger partial charge in [-0.05, 0) is 54.8 Å². The third-order valence-corrected chi connectivity index (χ3v) is 6.29. The van der Waals surface area contributed by atoms with Crippen molar-refractivity contribution in [1.82, 2.24) is 4.90 Å². The van der Waals surface area contributed by atoms with E-state index in [1.807, 2.05) is 42.5 Å². The van der Waals surface area contributed by atoms with Crippen LogP contribution in [0, 0.1) is 5.92 Å². The van der Waals surface area contributed by atoms with E-state index in [0.29, 0.717) is 55.5 Å². The Morgan fingerprint density at radius 3 is 2.31 bits per heavy atom. The van der Waals surface area contributed by atoms with Gasteiger partial charge in [-0.1, -0.05) is 30.3 Å². The summed E-state index contributed by atoms with van der Waals surface area (Å²) in [7, 11) is 0. The fourth-order valence-corrected chi connectivity index (χ4v) is 4.22. The first-order valence-corrected chi connectivity index (χ1v) is 12.0. The molecule has 3 aromatic carbocycles. The molecule has 0 aliphatic carbocycles. The second-order valence-corrected chi connectivity index (χ2v) is 8.75. The molecule has 1 saturated heterocycles. The third kappa shape index (κ3) is 5.89. The van der Waals surface area contributed by atoms with Crippen LogP contribution in [-0.2, 0) is 16.2 Å². The lowest BCUT2D eigenvalue weighted by Gasteiger charge is -2.31. The SMILES string of the molecule is O=C(Nc1ccc2c(c1)OCO2)C1CCN(C(=O)COc2ccc(OCc3ccccc3)cc2)CC1. The van der Waals surface area contributed by atoms with E-state index in [1.54, 1.807) is 35.2 Å². The number of fused-ring (bicyclic) bond motifs is 1. The Kier molecular flexibility index (Phi) is 7.21. The number of ether oxygens (including phenoxy) is 4. The predicted molar refractivity (Wildman–Crippen MR) is 133 cm³/mol. The van der Waals surface area contributed by atoms with E-state index in [1.165, 1.54) is 0 Å². The molecule has 186 valence electrons. The average Bonchev–Trinajstić information content (AvgIpc) is 3.40. The van der Waals surface area contributed by atoms with Crippen molar-refractivity contribution in [3.63, 3.8) is 0 Å². The number of nitrogens with one attached hydrogen (secondary N) is 1. The Morgan fingerprint density at radius 2 is 1.56 bits per heavy atom. The zero-order chi connectivity index (χ0) is 24.7. The number of carbonyl (C=O) groups excluding carboxylic acids is 2. The van der Waals surface area contributed by atoms with Crippen molar-refractivity contribution in [2.24, 2.45) is 5.92 Å². The van der Waals surface area contributed by atoms with Crippen molar-refractivity contribution in [2.75, 3.05) is 31.8 Å². The summed E-state index contributed by atoms with van der Waals surface area (Å²) < 4.78 is 22.1. The molecule has 3 aromatic rings. The Morgan fingerprint density at radius 1 is 0.861 bits per heavy atom. The molecule has 0 atom stereocenters. The van der Waals surface area contributed by atoms with Crippen LogP contribution in [0.1, 0.15) is 18.4 Å². The molecule has 8 heteroatoms. The minimum atomic E-state index is -0.149. The van der Waals surface area contributed by atoms with Crippen molar-refractivity contribution in [3.05, 3.63) is 78.4 Å². The number of anilines is 1. The van der Waals surface area contributed by atoms with Gasteiger partial charge in [0.05, 0.1) is 0 Å². The van der Waals surface area contributed by atoms with E-state index in [-0.39, 0.29) is 31.1 Å². The second-order valence-electron chi connectivity index (χ2n) is 8.75. The molecule has 2 heterocycles. The number of piperidine rings is 1. The molecule has 36 heavy (non-hydrogen) atoms. The smallest absolute Gasteiger partial charge is 0.260 e. The topological polar surface area (TPSA) is 86.3 Å². The summed E-state index contributed by atoms with van der Waals surface area (Å²) in [5, 5.41) is 2.94. The van der Waals surface area contributed by atoms with Crippen molar-refractivity contribution in [1.29, 1.82) is 0 Å². The number of nitrogens with zero attached hydrogens (tertiary/aromatic N) is 1. The van der Waals surface area contributed by atoms with Gasteiger partial charge in [0.25, 0.3) is 5.91 Å². The maximum atomic E-state index is 12.7. The minimum Gasteiger partial charge on any atom is -0.489 e. The van der Waals surface area contributed by atoms with Gasteiger partial charge < -0.3 is 29.2 Å². The number of amides is 2. The van der Waals surface area contributed by atoms with Crippen molar-refractivity contribution < 1.29 is 28.5 Å². The number of rotatable bonds is 8. The number of likely N-dealkylation sites (tertiary alicyclic amines) is 1. The molecule has 2 aliphatic heterocycles. The van der Waals surface area contributed by atoms with Gasteiger partial charge >= 0.3 is 0 Å². The van der Waals surface area contributed by atoms with Crippen LogP contribution in [0.2, 0.25) is 0 Å². The molecule has 2 amide bonds. The maximum Gasteiger partial charge on any atom is 0.260 e. The Hall–Kier alpha value is -4.20. The molecule has 0 aromatic heterocycles. The van der Waals surface area contributed by atoms with E-state index >= 15 is 0 Å².